The van der Waals surface area contributed by atoms with E-state index in [0.717, 1.165) is 0 Å². The number of anilines is 1. The van der Waals surface area contributed by atoms with E-state index < -0.39 is 5.97 Å². The second-order valence-electron chi connectivity index (χ2n) is 4.66. The molecule has 0 radical (unpaired) electrons. The number of benzene rings is 1. The Morgan fingerprint density at radius 2 is 2.05 bits per heavy atom. The Hall–Kier alpha value is -2.63. The zero-order valence-corrected chi connectivity index (χ0v) is 11.9. The van der Waals surface area contributed by atoms with Gasteiger partial charge in [-0.2, -0.15) is 5.10 Å². The molecular formula is C15H17N3O3. The van der Waals surface area contributed by atoms with Crippen molar-refractivity contribution >= 4 is 17.6 Å². The molecule has 0 aliphatic heterocycles. The summed E-state index contributed by atoms with van der Waals surface area (Å²) in [6, 6.07) is 8.36. The van der Waals surface area contributed by atoms with Crippen molar-refractivity contribution < 1.29 is 14.3 Å². The molecule has 6 nitrogen and oxygen atoms in total. The van der Waals surface area contributed by atoms with E-state index in [-0.39, 0.29) is 11.9 Å². The van der Waals surface area contributed by atoms with Gasteiger partial charge in [-0.15, -0.1) is 0 Å². The molecule has 21 heavy (non-hydrogen) atoms. The van der Waals surface area contributed by atoms with Crippen LogP contribution in [0.4, 0.5) is 5.69 Å². The van der Waals surface area contributed by atoms with Crippen LogP contribution >= 0.6 is 0 Å². The van der Waals surface area contributed by atoms with Crippen molar-refractivity contribution in [2.45, 2.75) is 19.4 Å². The lowest BCUT2D eigenvalue weighted by Gasteiger charge is -2.12. The van der Waals surface area contributed by atoms with Crippen LogP contribution in [0.1, 0.15) is 29.7 Å². The molecule has 6 heteroatoms. The van der Waals surface area contributed by atoms with Gasteiger partial charge < -0.3 is 10.1 Å². The quantitative estimate of drug-likeness (QED) is 0.856. The molecule has 0 aliphatic carbocycles. The summed E-state index contributed by atoms with van der Waals surface area (Å²) in [7, 11) is 1.33. The number of carbonyl (C=O) groups is 2. The molecule has 0 aliphatic rings. The van der Waals surface area contributed by atoms with Crippen molar-refractivity contribution in [3.8, 4) is 0 Å². The standard InChI is InChI=1S/C15H17N3O3/c1-11(18-9-3-8-16-18)10-14(19)17-13-6-4-12(5-7-13)15(20)21-2/h3-9,11H,10H2,1-2H3,(H,17,19)/t11-/m0/s1. The minimum absolute atomic E-state index is 0.0191. The number of carbonyl (C=O) groups excluding carboxylic acids is 2. The Kier molecular flexibility index (Phi) is 4.71. The smallest absolute Gasteiger partial charge is 0.337 e. The molecule has 0 saturated heterocycles. The Bertz CT molecular complexity index is 606. The van der Waals surface area contributed by atoms with E-state index in [0.29, 0.717) is 17.7 Å². The van der Waals surface area contributed by atoms with E-state index in [1.165, 1.54) is 7.11 Å². The lowest BCUT2D eigenvalue weighted by molar-refractivity contribution is -0.116. The predicted molar refractivity (Wildman–Crippen MR) is 78.0 cm³/mol. The van der Waals surface area contributed by atoms with Crippen LogP contribution < -0.4 is 5.32 Å². The van der Waals surface area contributed by atoms with Gasteiger partial charge in [0.2, 0.25) is 5.91 Å². The van der Waals surface area contributed by atoms with Crippen molar-refractivity contribution in [3.63, 3.8) is 0 Å². The van der Waals surface area contributed by atoms with Gasteiger partial charge in [-0.25, -0.2) is 4.79 Å². The van der Waals surface area contributed by atoms with E-state index in [1.807, 2.05) is 19.2 Å². The third-order valence-electron chi connectivity index (χ3n) is 3.05. The number of amides is 1. The van der Waals surface area contributed by atoms with Crippen molar-refractivity contribution in [1.82, 2.24) is 9.78 Å². The van der Waals surface area contributed by atoms with Gasteiger partial charge in [0.15, 0.2) is 0 Å². The number of rotatable bonds is 5. The van der Waals surface area contributed by atoms with Crippen LogP contribution in [0.3, 0.4) is 0 Å². The lowest BCUT2D eigenvalue weighted by Crippen LogP contribution is -2.17. The first kappa shape index (κ1) is 14.8. The second-order valence-corrected chi connectivity index (χ2v) is 4.66. The third-order valence-corrected chi connectivity index (χ3v) is 3.05. The summed E-state index contributed by atoms with van der Waals surface area (Å²) < 4.78 is 6.35. The summed E-state index contributed by atoms with van der Waals surface area (Å²) in [5, 5.41) is 6.89. The number of ether oxygens (including phenoxy) is 1. The number of esters is 1. The zero-order valence-electron chi connectivity index (χ0n) is 11.9. The molecule has 1 N–H and O–H groups in total. The number of nitrogens with zero attached hydrogens (tertiary/aromatic N) is 2. The monoisotopic (exact) mass is 287 g/mol. The molecule has 1 atom stereocenters. The van der Waals surface area contributed by atoms with Gasteiger partial charge in [-0.1, -0.05) is 0 Å². The summed E-state index contributed by atoms with van der Waals surface area (Å²) in [5.41, 5.74) is 1.08. The lowest BCUT2D eigenvalue weighted by atomic mass is 10.2. The van der Waals surface area contributed by atoms with Crippen LogP contribution in [0, 0.1) is 0 Å². The van der Waals surface area contributed by atoms with Crippen LogP contribution in [0.25, 0.3) is 0 Å². The summed E-state index contributed by atoms with van der Waals surface area (Å²) in [6.07, 6.45) is 3.82. The highest BCUT2D eigenvalue weighted by Gasteiger charge is 2.11. The minimum atomic E-state index is -0.403. The summed E-state index contributed by atoms with van der Waals surface area (Å²) in [5.74, 6) is -0.510. The molecule has 0 fully saturated rings. The zero-order chi connectivity index (χ0) is 15.2. The largest absolute Gasteiger partial charge is 0.465 e. The predicted octanol–water partition coefficient (Wildman–Crippen LogP) is 2.26. The first-order valence-corrected chi connectivity index (χ1v) is 6.57. The van der Waals surface area contributed by atoms with Gasteiger partial charge in [0.25, 0.3) is 0 Å². The molecule has 0 spiro atoms. The molecule has 2 aromatic rings. The van der Waals surface area contributed by atoms with E-state index in [1.54, 1.807) is 35.1 Å². The maximum Gasteiger partial charge on any atom is 0.337 e. The van der Waals surface area contributed by atoms with Gasteiger partial charge in [-0.3, -0.25) is 9.48 Å². The maximum absolute atomic E-state index is 11.9. The molecule has 2 rings (SSSR count). The van der Waals surface area contributed by atoms with Gasteiger partial charge in [0, 0.05) is 24.5 Å². The number of nitrogens with one attached hydrogen (secondary N) is 1. The van der Waals surface area contributed by atoms with E-state index in [4.69, 9.17) is 0 Å². The molecule has 110 valence electrons. The van der Waals surface area contributed by atoms with Crippen molar-refractivity contribution in [3.05, 3.63) is 48.3 Å². The molecular weight excluding hydrogens is 270 g/mol. The average Bonchev–Trinajstić information content (AvgIpc) is 3.01. The van der Waals surface area contributed by atoms with E-state index in [2.05, 4.69) is 15.2 Å². The summed E-state index contributed by atoms with van der Waals surface area (Å²) in [6.45, 7) is 1.92. The number of aromatic nitrogens is 2. The summed E-state index contributed by atoms with van der Waals surface area (Å²) >= 11 is 0. The van der Waals surface area contributed by atoms with Gasteiger partial charge in [-0.05, 0) is 37.3 Å². The molecule has 1 amide bonds. The fourth-order valence-electron chi connectivity index (χ4n) is 1.92. The molecule has 0 unspecified atom stereocenters. The van der Waals surface area contributed by atoms with Crippen LogP contribution in [0.15, 0.2) is 42.7 Å². The highest BCUT2D eigenvalue weighted by atomic mass is 16.5. The number of methoxy groups -OCH3 is 1. The van der Waals surface area contributed by atoms with Gasteiger partial charge in [0.1, 0.15) is 0 Å². The minimum Gasteiger partial charge on any atom is -0.465 e. The summed E-state index contributed by atoms with van der Waals surface area (Å²) in [4.78, 5) is 23.3. The highest BCUT2D eigenvalue weighted by molar-refractivity contribution is 5.93. The Labute approximate surface area is 122 Å². The molecule has 1 heterocycles. The molecule has 1 aromatic carbocycles. The van der Waals surface area contributed by atoms with Gasteiger partial charge >= 0.3 is 5.97 Å². The number of hydrogen-bond donors (Lipinski definition) is 1. The van der Waals surface area contributed by atoms with Crippen molar-refractivity contribution in [2.75, 3.05) is 12.4 Å². The van der Waals surface area contributed by atoms with E-state index in [9.17, 15) is 9.59 Å². The second kappa shape index (κ2) is 6.69. The number of hydrogen-bond acceptors (Lipinski definition) is 4. The third kappa shape index (κ3) is 3.92. The fraction of sp³-hybridized carbons (Fsp3) is 0.267. The fourth-order valence-corrected chi connectivity index (χ4v) is 1.92. The Morgan fingerprint density at radius 1 is 1.33 bits per heavy atom. The molecule has 0 bridgehead atoms. The molecule has 1 aromatic heterocycles. The first-order chi connectivity index (χ1) is 10.1. The highest BCUT2D eigenvalue weighted by Crippen LogP contribution is 2.13. The van der Waals surface area contributed by atoms with E-state index >= 15 is 0 Å². The molecule has 0 saturated carbocycles. The van der Waals surface area contributed by atoms with Crippen LogP contribution in [0.2, 0.25) is 0 Å². The van der Waals surface area contributed by atoms with Crippen LogP contribution in [-0.2, 0) is 9.53 Å². The van der Waals surface area contributed by atoms with Crippen LogP contribution in [0.5, 0.6) is 0 Å². The average molecular weight is 287 g/mol. The van der Waals surface area contributed by atoms with Crippen molar-refractivity contribution in [1.29, 1.82) is 0 Å². The Balaban J connectivity index is 1.92. The van der Waals surface area contributed by atoms with Crippen molar-refractivity contribution in [2.24, 2.45) is 0 Å². The van der Waals surface area contributed by atoms with Crippen LogP contribution in [-0.4, -0.2) is 28.8 Å². The Morgan fingerprint density at radius 3 is 2.62 bits per heavy atom. The topological polar surface area (TPSA) is 73.2 Å². The van der Waals surface area contributed by atoms with Gasteiger partial charge in [0.05, 0.1) is 18.7 Å². The normalized spacial score (nSPS) is 11.7. The first-order valence-electron chi connectivity index (χ1n) is 6.57. The SMILES string of the molecule is COC(=O)c1ccc(NC(=O)C[C@H](C)n2cccn2)cc1. The maximum atomic E-state index is 11.9.